The fourth-order valence-electron chi connectivity index (χ4n) is 3.45. The summed E-state index contributed by atoms with van der Waals surface area (Å²) in [5.41, 5.74) is 0. The molecular weight excluding hydrogens is 332 g/mol. The molecule has 1 saturated carbocycles. The van der Waals surface area contributed by atoms with Crippen molar-refractivity contribution in [3.63, 3.8) is 0 Å². The van der Waals surface area contributed by atoms with Gasteiger partial charge in [0.2, 0.25) is 0 Å². The molecule has 1 aliphatic heterocycles. The Balaban J connectivity index is 1.34. The summed E-state index contributed by atoms with van der Waals surface area (Å²) in [5, 5.41) is 8.77. The highest BCUT2D eigenvalue weighted by molar-refractivity contribution is 5.91. The maximum Gasteiger partial charge on any atom is 0.290 e. The van der Waals surface area contributed by atoms with E-state index in [1.54, 1.807) is 16.9 Å². The van der Waals surface area contributed by atoms with Crippen molar-refractivity contribution in [2.24, 2.45) is 0 Å². The van der Waals surface area contributed by atoms with E-state index in [1.165, 1.54) is 12.8 Å². The van der Waals surface area contributed by atoms with Gasteiger partial charge in [0.25, 0.3) is 5.91 Å². The van der Waals surface area contributed by atoms with Gasteiger partial charge in [-0.1, -0.05) is 0 Å². The van der Waals surface area contributed by atoms with Crippen molar-refractivity contribution in [3.05, 3.63) is 53.8 Å². The molecule has 0 radical (unpaired) electrons. The molecule has 1 fully saturated rings. The van der Waals surface area contributed by atoms with Crippen LogP contribution in [0.2, 0.25) is 0 Å². The van der Waals surface area contributed by atoms with Crippen LogP contribution in [0.1, 0.15) is 59.7 Å². The molecule has 0 unspecified atom stereocenters. The van der Waals surface area contributed by atoms with Crippen LogP contribution in [0.15, 0.2) is 35.0 Å². The van der Waals surface area contributed by atoms with Crippen LogP contribution in [-0.2, 0) is 13.1 Å². The summed E-state index contributed by atoms with van der Waals surface area (Å²) >= 11 is 0. The molecule has 8 heteroatoms. The first-order chi connectivity index (χ1) is 12.7. The summed E-state index contributed by atoms with van der Waals surface area (Å²) in [6, 6.07) is 5.31. The Morgan fingerprint density at radius 2 is 2.19 bits per heavy atom. The average Bonchev–Trinajstić information content (AvgIpc) is 3.04. The molecule has 2 aliphatic rings. The summed E-state index contributed by atoms with van der Waals surface area (Å²) in [6.07, 6.45) is 5.93. The Kier molecular flexibility index (Phi) is 3.44. The molecular formula is C18H20N6O2. The van der Waals surface area contributed by atoms with Crippen LogP contribution in [0.25, 0.3) is 0 Å². The molecule has 0 aromatic carbocycles. The van der Waals surface area contributed by atoms with Crippen LogP contribution >= 0.6 is 0 Å². The van der Waals surface area contributed by atoms with Gasteiger partial charge in [-0.2, -0.15) is 10.2 Å². The summed E-state index contributed by atoms with van der Waals surface area (Å²) in [6.45, 7) is 3.79. The Morgan fingerprint density at radius 1 is 1.31 bits per heavy atom. The SMILES string of the molecule is C[C@@H]1c2nc(C3CC3)nn2CCN1C(=O)c1ccc(Cn2cccn2)o1. The second-order valence-corrected chi connectivity index (χ2v) is 6.97. The molecule has 8 nitrogen and oxygen atoms in total. The van der Waals surface area contributed by atoms with Gasteiger partial charge in [-0.25, -0.2) is 9.67 Å². The number of carbonyl (C=O) groups excluding carboxylic acids is 1. The third-order valence-corrected chi connectivity index (χ3v) is 5.06. The molecule has 1 atom stereocenters. The first kappa shape index (κ1) is 15.4. The van der Waals surface area contributed by atoms with Gasteiger partial charge >= 0.3 is 0 Å². The second kappa shape index (κ2) is 5.82. The van der Waals surface area contributed by atoms with Crippen LogP contribution in [-0.4, -0.2) is 41.9 Å². The van der Waals surface area contributed by atoms with E-state index in [2.05, 4.69) is 10.2 Å². The number of amides is 1. The Morgan fingerprint density at radius 3 is 2.96 bits per heavy atom. The molecule has 0 bridgehead atoms. The minimum atomic E-state index is -0.115. The number of hydrogen-bond acceptors (Lipinski definition) is 5. The summed E-state index contributed by atoms with van der Waals surface area (Å²) < 4.78 is 9.48. The number of furan rings is 1. The quantitative estimate of drug-likeness (QED) is 0.719. The molecule has 4 heterocycles. The minimum Gasteiger partial charge on any atom is -0.454 e. The molecule has 3 aromatic rings. The predicted molar refractivity (Wildman–Crippen MR) is 91.5 cm³/mol. The van der Waals surface area contributed by atoms with Gasteiger partial charge in [-0.05, 0) is 38.0 Å². The first-order valence-corrected chi connectivity index (χ1v) is 9.01. The van der Waals surface area contributed by atoms with Crippen molar-refractivity contribution in [1.29, 1.82) is 0 Å². The van der Waals surface area contributed by atoms with Gasteiger partial charge in [-0.15, -0.1) is 0 Å². The van der Waals surface area contributed by atoms with E-state index in [0.29, 0.717) is 37.1 Å². The lowest BCUT2D eigenvalue weighted by Crippen LogP contribution is -2.41. The smallest absolute Gasteiger partial charge is 0.290 e. The normalized spacial score (nSPS) is 19.6. The van der Waals surface area contributed by atoms with Crippen molar-refractivity contribution < 1.29 is 9.21 Å². The molecule has 26 heavy (non-hydrogen) atoms. The van der Waals surface area contributed by atoms with Crippen LogP contribution in [0.4, 0.5) is 0 Å². The summed E-state index contributed by atoms with van der Waals surface area (Å²) in [7, 11) is 0. The van der Waals surface area contributed by atoms with Crippen LogP contribution in [0, 0.1) is 0 Å². The number of aromatic nitrogens is 5. The van der Waals surface area contributed by atoms with E-state index in [0.717, 1.165) is 11.6 Å². The predicted octanol–water partition coefficient (Wildman–Crippen LogP) is 2.21. The largest absolute Gasteiger partial charge is 0.454 e. The van der Waals surface area contributed by atoms with E-state index < -0.39 is 0 Å². The zero-order valence-electron chi connectivity index (χ0n) is 14.6. The molecule has 0 saturated heterocycles. The van der Waals surface area contributed by atoms with Crippen molar-refractivity contribution in [2.75, 3.05) is 6.54 Å². The zero-order chi connectivity index (χ0) is 17.7. The molecule has 1 amide bonds. The molecule has 3 aromatic heterocycles. The van der Waals surface area contributed by atoms with Crippen LogP contribution in [0.5, 0.6) is 0 Å². The average molecular weight is 352 g/mol. The minimum absolute atomic E-state index is 0.105. The van der Waals surface area contributed by atoms with Crippen molar-refractivity contribution in [3.8, 4) is 0 Å². The fourth-order valence-corrected chi connectivity index (χ4v) is 3.45. The van der Waals surface area contributed by atoms with E-state index >= 15 is 0 Å². The Hall–Kier alpha value is -2.90. The summed E-state index contributed by atoms with van der Waals surface area (Å²) in [4.78, 5) is 19.4. The zero-order valence-corrected chi connectivity index (χ0v) is 14.6. The van der Waals surface area contributed by atoms with Gasteiger partial charge in [-0.3, -0.25) is 9.48 Å². The number of rotatable bonds is 4. The Labute approximate surface area is 150 Å². The second-order valence-electron chi connectivity index (χ2n) is 6.97. The highest BCUT2D eigenvalue weighted by Gasteiger charge is 2.35. The van der Waals surface area contributed by atoms with Crippen LogP contribution < -0.4 is 0 Å². The molecule has 5 rings (SSSR count). The van der Waals surface area contributed by atoms with Crippen molar-refractivity contribution >= 4 is 5.91 Å². The fraction of sp³-hybridized carbons (Fsp3) is 0.444. The highest BCUT2D eigenvalue weighted by Crippen LogP contribution is 2.39. The first-order valence-electron chi connectivity index (χ1n) is 9.01. The Bertz CT molecular complexity index is 937. The topological polar surface area (TPSA) is 82.0 Å². The number of nitrogens with zero attached hydrogens (tertiary/aromatic N) is 6. The van der Waals surface area contributed by atoms with Crippen LogP contribution in [0.3, 0.4) is 0 Å². The highest BCUT2D eigenvalue weighted by atomic mass is 16.4. The maximum absolute atomic E-state index is 12.9. The maximum atomic E-state index is 12.9. The van der Waals surface area contributed by atoms with Gasteiger partial charge in [0.15, 0.2) is 11.6 Å². The van der Waals surface area contributed by atoms with E-state index in [9.17, 15) is 4.79 Å². The van der Waals surface area contributed by atoms with E-state index in [4.69, 9.17) is 9.40 Å². The third-order valence-electron chi connectivity index (χ3n) is 5.06. The molecule has 0 spiro atoms. The lowest BCUT2D eigenvalue weighted by atomic mass is 10.2. The van der Waals surface area contributed by atoms with Gasteiger partial charge < -0.3 is 9.32 Å². The monoisotopic (exact) mass is 352 g/mol. The number of hydrogen-bond donors (Lipinski definition) is 0. The van der Waals surface area contributed by atoms with Gasteiger partial charge in [0.05, 0.1) is 19.1 Å². The van der Waals surface area contributed by atoms with Gasteiger partial charge in [0, 0.05) is 24.9 Å². The molecule has 1 aliphatic carbocycles. The molecule has 134 valence electrons. The van der Waals surface area contributed by atoms with E-state index in [-0.39, 0.29) is 11.9 Å². The van der Waals surface area contributed by atoms with Gasteiger partial charge in [0.1, 0.15) is 11.6 Å². The number of carbonyl (C=O) groups is 1. The lowest BCUT2D eigenvalue weighted by molar-refractivity contribution is 0.0596. The standard InChI is InChI=1S/C18H20N6O2/c1-12-17-20-16(13-3-4-13)21-24(17)10-9-23(12)18(25)15-6-5-14(26-15)11-22-8-2-7-19-22/h2,5-8,12-13H,3-4,9-11H2,1H3/t12-/m1/s1. The van der Waals surface area contributed by atoms with Crippen molar-refractivity contribution in [2.45, 2.75) is 44.8 Å². The molecule has 0 N–H and O–H groups in total. The third kappa shape index (κ3) is 2.61. The summed E-state index contributed by atoms with van der Waals surface area (Å²) in [5.74, 6) is 3.27. The number of fused-ring (bicyclic) bond motifs is 1. The van der Waals surface area contributed by atoms with E-state index in [1.807, 2.05) is 34.8 Å². The van der Waals surface area contributed by atoms with Crippen molar-refractivity contribution in [1.82, 2.24) is 29.4 Å². The lowest BCUT2D eigenvalue weighted by Gasteiger charge is -2.32.